The lowest BCUT2D eigenvalue weighted by molar-refractivity contribution is -0.121. The molecule has 0 radical (unpaired) electrons. The average molecular weight is 374 g/mol. The first-order valence-electron chi connectivity index (χ1n) is 9.25. The van der Waals surface area contributed by atoms with E-state index in [2.05, 4.69) is 15.3 Å². The van der Waals surface area contributed by atoms with E-state index in [4.69, 9.17) is 11.6 Å². The van der Waals surface area contributed by atoms with E-state index in [1.807, 2.05) is 0 Å². The Bertz CT molecular complexity index is 793. The minimum atomic E-state index is -0.280. The van der Waals surface area contributed by atoms with Gasteiger partial charge in [0.15, 0.2) is 0 Å². The van der Waals surface area contributed by atoms with E-state index in [0.29, 0.717) is 16.4 Å². The maximum Gasteiger partial charge on any atom is 0.254 e. The summed E-state index contributed by atoms with van der Waals surface area (Å²) in [5.41, 5.74) is 0.876. The van der Waals surface area contributed by atoms with Gasteiger partial charge in [0.25, 0.3) is 5.56 Å². The van der Waals surface area contributed by atoms with Gasteiger partial charge in [0.1, 0.15) is 5.82 Å². The molecule has 6 heteroatoms. The van der Waals surface area contributed by atoms with Crippen LogP contribution in [0.25, 0.3) is 11.4 Å². The highest BCUT2D eigenvalue weighted by Crippen LogP contribution is 2.18. The Morgan fingerprint density at radius 1 is 1.12 bits per heavy atom. The van der Waals surface area contributed by atoms with Crippen LogP contribution in [0, 0.1) is 0 Å². The molecule has 1 fully saturated rings. The van der Waals surface area contributed by atoms with Crippen LogP contribution in [0.5, 0.6) is 0 Å². The van der Waals surface area contributed by atoms with E-state index in [0.717, 1.165) is 31.2 Å². The molecule has 0 bridgehead atoms. The number of hydrogen-bond donors (Lipinski definition) is 2. The standard InChI is InChI=1S/C20H24ClN3O2/c21-16-10-8-14(9-11-16)19-22-13-15(20(26)24-19)12-18(25)23-17-6-4-2-1-3-5-7-17/h8-11,13,17H,1-7,12H2,(H,23,25)(H,22,24,26). The van der Waals surface area contributed by atoms with Crippen LogP contribution in [0.4, 0.5) is 0 Å². The molecule has 0 unspecified atom stereocenters. The van der Waals surface area contributed by atoms with Crippen molar-refractivity contribution in [2.75, 3.05) is 0 Å². The Hall–Kier alpha value is -2.14. The van der Waals surface area contributed by atoms with Crippen molar-refractivity contribution in [3.05, 3.63) is 51.4 Å². The van der Waals surface area contributed by atoms with Crippen LogP contribution in [0.2, 0.25) is 5.02 Å². The van der Waals surface area contributed by atoms with Gasteiger partial charge in [0.2, 0.25) is 5.91 Å². The zero-order chi connectivity index (χ0) is 18.4. The molecular weight excluding hydrogens is 350 g/mol. The predicted octanol–water partition coefficient (Wildman–Crippen LogP) is 3.86. The molecule has 138 valence electrons. The SMILES string of the molecule is O=C(Cc1cnc(-c2ccc(Cl)cc2)[nH]c1=O)NC1CCCCCCC1. The molecule has 0 spiro atoms. The fraction of sp³-hybridized carbons (Fsp3) is 0.450. The van der Waals surface area contributed by atoms with Gasteiger partial charge in [-0.25, -0.2) is 4.98 Å². The summed E-state index contributed by atoms with van der Waals surface area (Å²) >= 11 is 5.88. The van der Waals surface area contributed by atoms with Gasteiger partial charge in [-0.15, -0.1) is 0 Å². The zero-order valence-corrected chi connectivity index (χ0v) is 15.5. The van der Waals surface area contributed by atoms with E-state index >= 15 is 0 Å². The predicted molar refractivity (Wildman–Crippen MR) is 103 cm³/mol. The minimum Gasteiger partial charge on any atom is -0.353 e. The molecule has 0 atom stereocenters. The summed E-state index contributed by atoms with van der Waals surface area (Å²) in [5.74, 6) is 0.359. The lowest BCUT2D eigenvalue weighted by Crippen LogP contribution is -2.37. The van der Waals surface area contributed by atoms with Crippen molar-refractivity contribution in [3.8, 4) is 11.4 Å². The molecule has 3 rings (SSSR count). The third kappa shape index (κ3) is 5.18. The van der Waals surface area contributed by atoms with Gasteiger partial charge in [-0.05, 0) is 37.1 Å². The van der Waals surface area contributed by atoms with Gasteiger partial charge in [-0.3, -0.25) is 9.59 Å². The van der Waals surface area contributed by atoms with Crippen molar-refractivity contribution in [1.29, 1.82) is 0 Å². The van der Waals surface area contributed by atoms with Crippen LogP contribution < -0.4 is 10.9 Å². The summed E-state index contributed by atoms with van der Waals surface area (Å²) in [7, 11) is 0. The lowest BCUT2D eigenvalue weighted by Gasteiger charge is -2.21. The van der Waals surface area contributed by atoms with Crippen molar-refractivity contribution in [2.24, 2.45) is 0 Å². The number of carbonyl (C=O) groups excluding carboxylic acids is 1. The van der Waals surface area contributed by atoms with Gasteiger partial charge in [0, 0.05) is 28.4 Å². The molecule has 1 aromatic carbocycles. The minimum absolute atomic E-state index is 0.0553. The van der Waals surface area contributed by atoms with Crippen LogP contribution in [0.3, 0.4) is 0 Å². The Morgan fingerprint density at radius 3 is 2.42 bits per heavy atom. The van der Waals surface area contributed by atoms with E-state index in [-0.39, 0.29) is 23.9 Å². The molecule has 2 aromatic rings. The highest BCUT2D eigenvalue weighted by Gasteiger charge is 2.15. The molecule has 0 saturated heterocycles. The van der Waals surface area contributed by atoms with Crippen LogP contribution in [0.1, 0.15) is 50.5 Å². The fourth-order valence-electron chi connectivity index (χ4n) is 3.35. The van der Waals surface area contributed by atoms with Crippen molar-refractivity contribution in [1.82, 2.24) is 15.3 Å². The number of rotatable bonds is 4. The Kier molecular flexibility index (Phi) is 6.45. The van der Waals surface area contributed by atoms with E-state index in [1.54, 1.807) is 24.3 Å². The number of carbonyl (C=O) groups is 1. The van der Waals surface area contributed by atoms with Crippen molar-refractivity contribution >= 4 is 17.5 Å². The number of hydrogen-bond acceptors (Lipinski definition) is 3. The molecule has 26 heavy (non-hydrogen) atoms. The van der Waals surface area contributed by atoms with E-state index < -0.39 is 0 Å². The second kappa shape index (κ2) is 8.99. The number of nitrogens with one attached hydrogen (secondary N) is 2. The molecule has 1 amide bonds. The summed E-state index contributed by atoms with van der Waals surface area (Å²) in [4.78, 5) is 31.7. The van der Waals surface area contributed by atoms with Crippen LogP contribution >= 0.6 is 11.6 Å². The topological polar surface area (TPSA) is 74.8 Å². The summed E-state index contributed by atoms with van der Waals surface area (Å²) in [6.07, 6.45) is 9.67. The van der Waals surface area contributed by atoms with Crippen LogP contribution in [-0.2, 0) is 11.2 Å². The Morgan fingerprint density at radius 2 is 1.77 bits per heavy atom. The zero-order valence-electron chi connectivity index (χ0n) is 14.8. The third-order valence-electron chi connectivity index (χ3n) is 4.81. The van der Waals surface area contributed by atoms with E-state index in [1.165, 1.54) is 25.5 Å². The summed E-state index contributed by atoms with van der Waals surface area (Å²) < 4.78 is 0. The normalized spacial score (nSPS) is 15.9. The molecular formula is C20H24ClN3O2. The first kappa shape index (κ1) is 18.6. The smallest absolute Gasteiger partial charge is 0.254 e. The quantitative estimate of drug-likeness (QED) is 0.854. The van der Waals surface area contributed by atoms with Gasteiger partial charge in [0.05, 0.1) is 6.42 Å². The fourth-order valence-corrected chi connectivity index (χ4v) is 3.48. The third-order valence-corrected chi connectivity index (χ3v) is 5.06. The second-order valence-corrected chi connectivity index (χ2v) is 7.32. The van der Waals surface area contributed by atoms with E-state index in [9.17, 15) is 9.59 Å². The molecule has 1 aliphatic rings. The monoisotopic (exact) mass is 373 g/mol. The number of aromatic amines is 1. The number of amides is 1. The summed E-state index contributed by atoms with van der Waals surface area (Å²) in [6.45, 7) is 0. The van der Waals surface area contributed by atoms with Gasteiger partial charge < -0.3 is 10.3 Å². The number of H-pyrrole nitrogens is 1. The number of aromatic nitrogens is 2. The number of halogens is 1. The average Bonchev–Trinajstić information content (AvgIpc) is 2.60. The van der Waals surface area contributed by atoms with Gasteiger partial charge in [-0.2, -0.15) is 0 Å². The highest BCUT2D eigenvalue weighted by molar-refractivity contribution is 6.30. The molecule has 1 saturated carbocycles. The van der Waals surface area contributed by atoms with Crippen molar-refractivity contribution < 1.29 is 4.79 Å². The molecule has 1 aliphatic carbocycles. The highest BCUT2D eigenvalue weighted by atomic mass is 35.5. The van der Waals surface area contributed by atoms with Crippen molar-refractivity contribution in [2.45, 2.75) is 57.4 Å². The maximum absolute atomic E-state index is 12.3. The second-order valence-electron chi connectivity index (χ2n) is 6.88. The molecule has 2 N–H and O–H groups in total. The Balaban J connectivity index is 1.63. The summed E-state index contributed by atoms with van der Waals surface area (Å²) in [6, 6.07) is 7.30. The first-order valence-corrected chi connectivity index (χ1v) is 9.63. The molecule has 0 aliphatic heterocycles. The summed E-state index contributed by atoms with van der Waals surface area (Å²) in [5, 5.41) is 3.70. The van der Waals surface area contributed by atoms with Crippen LogP contribution in [0.15, 0.2) is 35.3 Å². The Labute approximate surface area is 158 Å². The molecule has 5 nitrogen and oxygen atoms in total. The molecule has 1 aromatic heterocycles. The van der Waals surface area contributed by atoms with Gasteiger partial charge in [-0.1, -0.05) is 43.7 Å². The number of benzene rings is 1. The first-order chi connectivity index (χ1) is 12.6. The molecule has 1 heterocycles. The van der Waals surface area contributed by atoms with Gasteiger partial charge >= 0.3 is 0 Å². The number of nitrogens with zero attached hydrogens (tertiary/aromatic N) is 1. The lowest BCUT2D eigenvalue weighted by atomic mass is 9.96. The van der Waals surface area contributed by atoms with Crippen molar-refractivity contribution in [3.63, 3.8) is 0 Å². The largest absolute Gasteiger partial charge is 0.353 e. The van der Waals surface area contributed by atoms with Crippen LogP contribution in [-0.4, -0.2) is 21.9 Å². The maximum atomic E-state index is 12.3.